The van der Waals surface area contributed by atoms with E-state index in [2.05, 4.69) is 4.98 Å². The number of rotatable bonds is 5. The Morgan fingerprint density at radius 3 is 2.81 bits per heavy atom. The van der Waals surface area contributed by atoms with Crippen molar-refractivity contribution in [1.29, 1.82) is 0 Å². The third kappa shape index (κ3) is 2.78. The molecule has 1 atom stereocenters. The Bertz CT molecular complexity index is 1170. The summed E-state index contributed by atoms with van der Waals surface area (Å²) in [7, 11) is 0. The number of aliphatic hydroxyl groups is 1. The Morgan fingerprint density at radius 2 is 2.14 bits per heavy atom. The average molecular weight is 306 g/mol. The molecule has 0 bridgehead atoms. The van der Waals surface area contributed by atoms with Crippen molar-refractivity contribution in [2.75, 3.05) is 0 Å². The molecule has 21 heavy (non-hydrogen) atoms. The molecule has 0 spiro atoms. The van der Waals surface area contributed by atoms with Gasteiger partial charge in [0, 0.05) is 35.6 Å². The first-order valence-electron chi connectivity index (χ1n) is 12.0. The van der Waals surface area contributed by atoms with E-state index >= 15 is 0 Å². The molecule has 7 heteroatoms. The molecule has 2 aromatic rings. The zero-order valence-electron chi connectivity index (χ0n) is 23.2. The van der Waals surface area contributed by atoms with Crippen molar-refractivity contribution in [3.63, 3.8) is 0 Å². The molecule has 0 radical (unpaired) electrons. The maximum absolute atomic E-state index is 13.0. The second-order valence-corrected chi connectivity index (χ2v) is 4.37. The van der Waals surface area contributed by atoms with Gasteiger partial charge in [0.25, 0.3) is 5.56 Å². The van der Waals surface area contributed by atoms with Crippen molar-refractivity contribution in [3.8, 4) is 0 Å². The Kier molecular flexibility index (Phi) is 1.69. The number of imidazole rings is 1. The predicted octanol–water partition coefficient (Wildman–Crippen LogP) is 0.293. The number of hydrogen-bond acceptors (Lipinski definition) is 4. The highest BCUT2D eigenvalue weighted by Gasteiger charge is 2.16. The van der Waals surface area contributed by atoms with Gasteiger partial charge in [-0.2, -0.15) is 0 Å². The summed E-state index contributed by atoms with van der Waals surface area (Å²) < 4.78 is 91.4. The smallest absolute Gasteiger partial charge is 0.332 e. The van der Waals surface area contributed by atoms with E-state index in [0.717, 1.165) is 0 Å². The van der Waals surface area contributed by atoms with Gasteiger partial charge in [-0.3, -0.25) is 13.9 Å². The fourth-order valence-electron chi connectivity index (χ4n) is 1.93. The van der Waals surface area contributed by atoms with Crippen molar-refractivity contribution in [1.82, 2.24) is 18.7 Å². The second kappa shape index (κ2) is 5.85. The third-order valence-electron chi connectivity index (χ3n) is 2.96. The number of aromatic nitrogens is 4. The van der Waals surface area contributed by atoms with Crippen LogP contribution in [0.2, 0.25) is 0 Å². The van der Waals surface area contributed by atoms with Crippen LogP contribution in [0.4, 0.5) is 0 Å². The van der Waals surface area contributed by atoms with E-state index in [0.29, 0.717) is 9.13 Å². The summed E-state index contributed by atoms with van der Waals surface area (Å²) in [6, 6.07) is 0. The Balaban J connectivity index is 2.65. The van der Waals surface area contributed by atoms with Crippen LogP contribution in [-0.4, -0.2) is 29.9 Å². The molecule has 7 nitrogen and oxygen atoms in total. The predicted molar refractivity (Wildman–Crippen MR) is 80.5 cm³/mol. The number of aryl methyl sites for hydroxylation is 3. The third-order valence-corrected chi connectivity index (χ3v) is 2.96. The molecular weight excluding hydrogens is 272 g/mol. The van der Waals surface area contributed by atoms with Gasteiger partial charge in [-0.1, -0.05) is 0 Å². The van der Waals surface area contributed by atoms with Gasteiger partial charge >= 0.3 is 5.69 Å². The molecule has 0 saturated heterocycles. The van der Waals surface area contributed by atoms with E-state index in [-0.39, 0.29) is 10.4 Å². The summed E-state index contributed by atoms with van der Waals surface area (Å²) in [6.45, 7) is -8.92. The van der Waals surface area contributed by atoms with Crippen LogP contribution in [-0.2, 0) is 20.5 Å². The molecule has 0 aromatic carbocycles. The monoisotopic (exact) mass is 306 g/mol. The minimum atomic E-state index is -3.50. The Hall–Kier alpha value is -1.89. The van der Waals surface area contributed by atoms with Gasteiger partial charge in [0.05, 0.1) is 7.45 Å². The fourth-order valence-corrected chi connectivity index (χ4v) is 1.93. The van der Waals surface area contributed by atoms with Crippen LogP contribution in [0.5, 0.6) is 0 Å². The van der Waals surface area contributed by atoms with Crippen molar-refractivity contribution in [2.24, 2.45) is 14.0 Å². The van der Waals surface area contributed by atoms with Crippen LogP contribution in [0.25, 0.3) is 11.2 Å². The highest BCUT2D eigenvalue weighted by Crippen LogP contribution is 2.08. The SMILES string of the molecule is [2H]C([2H])([2H])n1c(C)nc2c1c(=O)n(CCCC([2H])([2H])[C@@]([2H])(O)C([2H])([2H])[2H])c(=O)n2C([2H])([2H])[2H]. The summed E-state index contributed by atoms with van der Waals surface area (Å²) in [4.78, 5) is 29.6. The van der Waals surface area contributed by atoms with E-state index < -0.39 is 75.1 Å². The molecule has 2 rings (SSSR count). The summed E-state index contributed by atoms with van der Waals surface area (Å²) in [5.41, 5.74) is -3.89. The van der Waals surface area contributed by atoms with Gasteiger partial charge in [-0.15, -0.1) is 0 Å². The molecule has 0 saturated carbocycles. The lowest BCUT2D eigenvalue weighted by molar-refractivity contribution is 0.180. The normalized spacial score (nSPS) is 25.4. The summed E-state index contributed by atoms with van der Waals surface area (Å²) >= 11 is 0. The van der Waals surface area contributed by atoms with Crippen molar-refractivity contribution in [2.45, 2.75) is 45.6 Å². The lowest BCUT2D eigenvalue weighted by Gasteiger charge is -2.09. The Morgan fingerprint density at radius 1 is 1.38 bits per heavy atom. The van der Waals surface area contributed by atoms with Crippen LogP contribution in [0.15, 0.2) is 9.59 Å². The van der Waals surface area contributed by atoms with Crippen LogP contribution in [0.3, 0.4) is 0 Å². The molecule has 0 amide bonds. The first-order chi connectivity index (χ1) is 14.6. The van der Waals surface area contributed by atoms with Crippen LogP contribution >= 0.6 is 0 Å². The van der Waals surface area contributed by atoms with E-state index in [9.17, 15) is 14.7 Å². The van der Waals surface area contributed by atoms with Crippen molar-refractivity contribution < 1.29 is 21.6 Å². The van der Waals surface area contributed by atoms with Crippen LogP contribution < -0.4 is 11.2 Å². The quantitative estimate of drug-likeness (QED) is 0.861. The molecule has 0 aliphatic heterocycles. The lowest BCUT2D eigenvalue weighted by atomic mass is 10.2. The largest absolute Gasteiger partial charge is 0.393 e. The molecule has 116 valence electrons. The maximum Gasteiger partial charge on any atom is 0.332 e. The van der Waals surface area contributed by atoms with Gasteiger partial charge in [-0.05, 0) is 33.0 Å². The zero-order valence-corrected chi connectivity index (χ0v) is 11.2. The second-order valence-electron chi connectivity index (χ2n) is 4.37. The molecule has 1 N–H and O–H groups in total. The number of fused-ring (bicyclic) bond motifs is 1. The minimum absolute atomic E-state index is 0.177. The first-order valence-corrected chi connectivity index (χ1v) is 6.04. The van der Waals surface area contributed by atoms with Gasteiger partial charge < -0.3 is 9.67 Å². The van der Waals surface area contributed by atoms with E-state index in [1.165, 1.54) is 6.92 Å². The van der Waals surface area contributed by atoms with Gasteiger partial charge in [0.15, 0.2) is 11.2 Å². The molecule has 0 aliphatic carbocycles. The van der Waals surface area contributed by atoms with Crippen molar-refractivity contribution >= 4 is 11.2 Å². The maximum atomic E-state index is 13.0. The molecular formula is C14H22N4O3. The first kappa shape index (κ1) is 6.08. The molecule has 0 aliphatic rings. The molecule has 2 heterocycles. The van der Waals surface area contributed by atoms with Gasteiger partial charge in [0.2, 0.25) is 0 Å². The minimum Gasteiger partial charge on any atom is -0.393 e. The van der Waals surface area contributed by atoms with Crippen LogP contribution in [0.1, 0.15) is 48.3 Å². The summed E-state index contributed by atoms with van der Waals surface area (Å²) in [6.07, 6.45) is -7.75. The standard InChI is InChI=1S/C14H22N4O3/c1-9(19)7-5-6-8-18-13(20)11-12(17(4)14(18)21)15-10(2)16(11)3/h9,19H,5-8H2,1-4H3/t9-/m0/s1/i1D3,3D3,4D3,7D2,9D. The van der Waals surface area contributed by atoms with Gasteiger partial charge in [0.1, 0.15) is 5.82 Å². The number of nitrogens with zero attached hydrogens (tertiary/aromatic N) is 4. The molecule has 0 fully saturated rings. The summed E-state index contributed by atoms with van der Waals surface area (Å²) in [5.74, 6) is -0.245. The highest BCUT2D eigenvalue weighted by atomic mass is 16.3. The topological polar surface area (TPSA) is 82.1 Å². The lowest BCUT2D eigenvalue weighted by Crippen LogP contribution is -2.39. The summed E-state index contributed by atoms with van der Waals surface area (Å²) in [5, 5.41) is 9.85. The van der Waals surface area contributed by atoms with E-state index in [1.54, 1.807) is 0 Å². The van der Waals surface area contributed by atoms with Gasteiger partial charge in [-0.25, -0.2) is 9.78 Å². The fraction of sp³-hybridized carbons (Fsp3) is 0.643. The van der Waals surface area contributed by atoms with Crippen LogP contribution in [0, 0.1) is 6.92 Å². The number of hydrogen-bond donors (Lipinski definition) is 1. The average Bonchev–Trinajstić information content (AvgIpc) is 2.92. The highest BCUT2D eigenvalue weighted by molar-refractivity contribution is 5.70. The zero-order chi connectivity index (χ0) is 25.9. The van der Waals surface area contributed by atoms with E-state index in [4.69, 9.17) is 16.4 Å². The van der Waals surface area contributed by atoms with E-state index in [1.807, 2.05) is 0 Å². The molecule has 0 unspecified atom stereocenters. The van der Waals surface area contributed by atoms with Crippen molar-refractivity contribution in [3.05, 3.63) is 26.7 Å². The Labute approximate surface area is 139 Å². The molecule has 2 aromatic heterocycles.